The van der Waals surface area contributed by atoms with Crippen LogP contribution in [0.5, 0.6) is 0 Å². The Kier molecular flexibility index (Phi) is 5.66. The van der Waals surface area contributed by atoms with Gasteiger partial charge in [0.2, 0.25) is 0 Å². The van der Waals surface area contributed by atoms with Crippen LogP contribution < -0.4 is 5.32 Å². The summed E-state index contributed by atoms with van der Waals surface area (Å²) in [5.41, 5.74) is -0.539. The van der Waals surface area contributed by atoms with Crippen molar-refractivity contribution in [2.24, 2.45) is 0 Å². The monoisotopic (exact) mass is 366 g/mol. The Balaban J connectivity index is 2.09. The summed E-state index contributed by atoms with van der Waals surface area (Å²) in [6, 6.07) is 8.41. The molecule has 1 N–H and O–H groups in total. The predicted octanol–water partition coefficient (Wildman–Crippen LogP) is 3.57. The van der Waals surface area contributed by atoms with Crippen molar-refractivity contribution in [3.63, 3.8) is 0 Å². The third kappa shape index (κ3) is 4.74. The molecule has 0 heterocycles. The van der Waals surface area contributed by atoms with E-state index in [1.54, 1.807) is 0 Å². The number of rotatable bonds is 5. The molecule has 0 saturated heterocycles. The SMILES string of the molecule is C[C@H](OC(=O)c1cc(Cl)ccc1[N+](=O)[O-])C(=O)Nc1ccc(F)cc1. The van der Waals surface area contributed by atoms with Gasteiger partial charge in [-0.25, -0.2) is 9.18 Å². The number of hydrogen-bond acceptors (Lipinski definition) is 5. The highest BCUT2D eigenvalue weighted by molar-refractivity contribution is 6.31. The van der Waals surface area contributed by atoms with Gasteiger partial charge in [0.1, 0.15) is 11.4 Å². The molecular weight excluding hydrogens is 355 g/mol. The summed E-state index contributed by atoms with van der Waals surface area (Å²) in [6.45, 7) is 1.30. The highest BCUT2D eigenvalue weighted by atomic mass is 35.5. The Morgan fingerprint density at radius 2 is 1.88 bits per heavy atom. The maximum atomic E-state index is 12.8. The van der Waals surface area contributed by atoms with E-state index >= 15 is 0 Å². The lowest BCUT2D eigenvalue weighted by atomic mass is 10.2. The van der Waals surface area contributed by atoms with Crippen LogP contribution in [0.4, 0.5) is 15.8 Å². The second-order valence-electron chi connectivity index (χ2n) is 4.96. The predicted molar refractivity (Wildman–Crippen MR) is 88.0 cm³/mol. The molecule has 2 aromatic carbocycles. The van der Waals surface area contributed by atoms with Crippen molar-refractivity contribution in [2.45, 2.75) is 13.0 Å². The van der Waals surface area contributed by atoms with Crippen LogP contribution >= 0.6 is 11.6 Å². The minimum Gasteiger partial charge on any atom is -0.449 e. The number of nitrogens with one attached hydrogen (secondary N) is 1. The number of ether oxygens (including phenoxy) is 1. The zero-order valence-corrected chi connectivity index (χ0v) is 13.6. The van der Waals surface area contributed by atoms with Gasteiger partial charge in [0.15, 0.2) is 6.10 Å². The molecule has 130 valence electrons. The van der Waals surface area contributed by atoms with Gasteiger partial charge in [0.05, 0.1) is 4.92 Å². The molecule has 0 bridgehead atoms. The van der Waals surface area contributed by atoms with E-state index < -0.39 is 34.4 Å². The van der Waals surface area contributed by atoms with Crippen molar-refractivity contribution >= 4 is 34.9 Å². The molecule has 25 heavy (non-hydrogen) atoms. The van der Waals surface area contributed by atoms with Gasteiger partial charge in [-0.3, -0.25) is 14.9 Å². The van der Waals surface area contributed by atoms with Crippen molar-refractivity contribution < 1.29 is 23.6 Å². The van der Waals surface area contributed by atoms with E-state index in [4.69, 9.17) is 16.3 Å². The summed E-state index contributed by atoms with van der Waals surface area (Å²) in [5.74, 6) is -2.20. The van der Waals surface area contributed by atoms with Gasteiger partial charge in [-0.15, -0.1) is 0 Å². The zero-order valence-electron chi connectivity index (χ0n) is 12.9. The Morgan fingerprint density at radius 1 is 1.24 bits per heavy atom. The van der Waals surface area contributed by atoms with Gasteiger partial charge in [-0.1, -0.05) is 11.6 Å². The van der Waals surface area contributed by atoms with Crippen LogP contribution in [-0.4, -0.2) is 22.9 Å². The summed E-state index contributed by atoms with van der Waals surface area (Å²) in [5, 5.41) is 13.5. The molecule has 1 amide bonds. The largest absolute Gasteiger partial charge is 0.449 e. The second kappa shape index (κ2) is 7.71. The molecule has 2 rings (SSSR count). The Morgan fingerprint density at radius 3 is 2.48 bits per heavy atom. The van der Waals surface area contributed by atoms with E-state index in [9.17, 15) is 24.1 Å². The standard InChI is InChI=1S/C16H12ClFN2O5/c1-9(15(21)19-12-5-3-11(18)4-6-12)25-16(22)13-8-10(17)2-7-14(13)20(23)24/h2-9H,1H3,(H,19,21)/t9-/m0/s1. The number of nitro groups is 1. The van der Waals surface area contributed by atoms with Crippen molar-refractivity contribution in [2.75, 3.05) is 5.32 Å². The van der Waals surface area contributed by atoms with Crippen LogP contribution in [0, 0.1) is 15.9 Å². The van der Waals surface area contributed by atoms with E-state index in [2.05, 4.69) is 5.32 Å². The average Bonchev–Trinajstić information content (AvgIpc) is 2.56. The number of amides is 1. The number of carbonyl (C=O) groups excluding carboxylic acids is 2. The minimum absolute atomic E-state index is 0.112. The van der Waals surface area contributed by atoms with Crippen molar-refractivity contribution in [1.82, 2.24) is 0 Å². The van der Waals surface area contributed by atoms with Gasteiger partial charge < -0.3 is 10.1 Å². The molecule has 0 fully saturated rings. The molecule has 0 radical (unpaired) electrons. The number of hydrogen-bond donors (Lipinski definition) is 1. The smallest absolute Gasteiger partial charge is 0.345 e. The number of nitrogens with zero attached hydrogens (tertiary/aromatic N) is 1. The van der Waals surface area contributed by atoms with Gasteiger partial charge in [-0.05, 0) is 43.3 Å². The third-order valence-corrected chi connectivity index (χ3v) is 3.38. The van der Waals surface area contributed by atoms with E-state index in [1.165, 1.54) is 25.1 Å². The lowest BCUT2D eigenvalue weighted by Gasteiger charge is -2.13. The molecule has 2 aromatic rings. The second-order valence-corrected chi connectivity index (χ2v) is 5.40. The maximum absolute atomic E-state index is 12.8. The molecule has 0 aromatic heterocycles. The fourth-order valence-corrected chi connectivity index (χ4v) is 2.06. The summed E-state index contributed by atoms with van der Waals surface area (Å²) in [6.07, 6.45) is -1.24. The summed E-state index contributed by atoms with van der Waals surface area (Å²) in [4.78, 5) is 34.3. The number of carbonyl (C=O) groups is 2. The van der Waals surface area contributed by atoms with Crippen molar-refractivity contribution in [1.29, 1.82) is 0 Å². The van der Waals surface area contributed by atoms with Crippen molar-refractivity contribution in [3.8, 4) is 0 Å². The Labute approximate surface area is 146 Å². The molecule has 0 aliphatic heterocycles. The third-order valence-electron chi connectivity index (χ3n) is 3.14. The van der Waals surface area contributed by atoms with Gasteiger partial charge in [-0.2, -0.15) is 0 Å². The molecule has 9 heteroatoms. The molecule has 0 spiro atoms. The van der Waals surface area contributed by atoms with E-state index in [-0.39, 0.29) is 10.6 Å². The summed E-state index contributed by atoms with van der Waals surface area (Å²) < 4.78 is 17.8. The molecule has 0 saturated carbocycles. The zero-order chi connectivity index (χ0) is 18.6. The number of halogens is 2. The minimum atomic E-state index is -1.24. The average molecular weight is 367 g/mol. The molecule has 1 atom stereocenters. The van der Waals surface area contributed by atoms with Gasteiger partial charge in [0.25, 0.3) is 11.6 Å². The summed E-state index contributed by atoms with van der Waals surface area (Å²) in [7, 11) is 0. The molecule has 0 aliphatic carbocycles. The van der Waals surface area contributed by atoms with E-state index in [0.29, 0.717) is 5.69 Å². The number of esters is 1. The van der Waals surface area contributed by atoms with Crippen LogP contribution in [0.1, 0.15) is 17.3 Å². The molecule has 7 nitrogen and oxygen atoms in total. The highest BCUT2D eigenvalue weighted by Gasteiger charge is 2.25. The Hall–Kier alpha value is -3.00. The van der Waals surface area contributed by atoms with E-state index in [1.807, 2.05) is 0 Å². The van der Waals surface area contributed by atoms with Crippen LogP contribution in [0.2, 0.25) is 5.02 Å². The van der Waals surface area contributed by atoms with Crippen LogP contribution in [0.25, 0.3) is 0 Å². The van der Waals surface area contributed by atoms with Crippen LogP contribution in [0.3, 0.4) is 0 Å². The molecule has 0 aliphatic rings. The fraction of sp³-hybridized carbons (Fsp3) is 0.125. The summed E-state index contributed by atoms with van der Waals surface area (Å²) >= 11 is 5.74. The molecular formula is C16H12ClFN2O5. The first-order valence-electron chi connectivity index (χ1n) is 6.99. The topological polar surface area (TPSA) is 98.5 Å². The lowest BCUT2D eigenvalue weighted by molar-refractivity contribution is -0.385. The van der Waals surface area contributed by atoms with Crippen molar-refractivity contribution in [3.05, 3.63) is 69.0 Å². The van der Waals surface area contributed by atoms with Gasteiger partial charge >= 0.3 is 5.97 Å². The quantitative estimate of drug-likeness (QED) is 0.495. The normalized spacial score (nSPS) is 11.5. The first-order valence-corrected chi connectivity index (χ1v) is 7.37. The Bertz CT molecular complexity index is 826. The first kappa shape index (κ1) is 18.3. The van der Waals surface area contributed by atoms with Crippen LogP contribution in [0.15, 0.2) is 42.5 Å². The molecule has 0 unspecified atom stereocenters. The maximum Gasteiger partial charge on any atom is 0.345 e. The fourth-order valence-electron chi connectivity index (χ4n) is 1.89. The number of benzene rings is 2. The van der Waals surface area contributed by atoms with E-state index in [0.717, 1.165) is 24.3 Å². The highest BCUT2D eigenvalue weighted by Crippen LogP contribution is 2.24. The number of nitro benzene ring substituents is 1. The first-order chi connectivity index (χ1) is 11.8. The van der Waals surface area contributed by atoms with Gasteiger partial charge in [0, 0.05) is 16.8 Å². The van der Waals surface area contributed by atoms with Crippen LogP contribution in [-0.2, 0) is 9.53 Å². The number of anilines is 1. The lowest BCUT2D eigenvalue weighted by Crippen LogP contribution is -2.30.